The first-order chi connectivity index (χ1) is 16.5. The van der Waals surface area contributed by atoms with Gasteiger partial charge in [0.1, 0.15) is 11.5 Å². The van der Waals surface area contributed by atoms with Gasteiger partial charge in [-0.15, -0.1) is 11.3 Å². The van der Waals surface area contributed by atoms with Gasteiger partial charge >= 0.3 is 0 Å². The number of carbonyl (C=O) groups is 1. The number of hydrogen-bond acceptors (Lipinski definition) is 5. The topological polar surface area (TPSA) is 80.0 Å². The summed E-state index contributed by atoms with van der Waals surface area (Å²) in [4.78, 5) is 17.6. The predicted octanol–water partition coefficient (Wildman–Crippen LogP) is 4.85. The van der Waals surface area contributed by atoms with Crippen LogP contribution >= 0.6 is 11.3 Å². The van der Waals surface area contributed by atoms with Crippen molar-refractivity contribution in [2.24, 2.45) is 7.05 Å². The molecule has 0 radical (unpaired) electrons. The largest absolute Gasteiger partial charge is 0.391 e. The number of aryl methyl sites for hydroxylation is 1. The molecule has 6 nitrogen and oxygen atoms in total. The average Bonchev–Trinajstić information content (AvgIpc) is 3.43. The zero-order valence-corrected chi connectivity index (χ0v) is 19.8. The summed E-state index contributed by atoms with van der Waals surface area (Å²) < 4.78 is 17.7. The molecule has 0 unspecified atom stereocenters. The quantitative estimate of drug-likeness (QED) is 0.402. The lowest BCUT2D eigenvalue weighted by Gasteiger charge is -2.21. The highest BCUT2D eigenvalue weighted by Gasteiger charge is 2.25. The minimum absolute atomic E-state index is 0.268. The van der Waals surface area contributed by atoms with Crippen LogP contribution in [0.3, 0.4) is 0 Å². The van der Waals surface area contributed by atoms with Crippen LogP contribution in [0.5, 0.6) is 0 Å². The number of pyridine rings is 1. The van der Waals surface area contributed by atoms with Crippen LogP contribution in [0.4, 0.5) is 4.39 Å². The molecule has 1 fully saturated rings. The molecule has 0 saturated heterocycles. The van der Waals surface area contributed by atoms with E-state index in [2.05, 4.69) is 15.4 Å². The Hall–Kier alpha value is -3.10. The molecule has 5 rings (SSSR count). The number of aliphatic hydroxyl groups is 1. The number of hydrogen-bond donors (Lipinski definition) is 2. The van der Waals surface area contributed by atoms with E-state index in [-0.39, 0.29) is 17.8 Å². The van der Waals surface area contributed by atoms with Crippen LogP contribution < -0.4 is 5.32 Å². The number of halogens is 1. The Labute approximate surface area is 201 Å². The van der Waals surface area contributed by atoms with Crippen LogP contribution in [0.1, 0.15) is 53.7 Å². The van der Waals surface area contributed by atoms with Crippen molar-refractivity contribution in [2.75, 3.05) is 0 Å². The Kier molecular flexibility index (Phi) is 6.43. The Morgan fingerprint density at radius 2 is 2.03 bits per heavy atom. The van der Waals surface area contributed by atoms with E-state index in [0.29, 0.717) is 24.1 Å². The lowest BCUT2D eigenvalue weighted by Crippen LogP contribution is -2.43. The molecule has 176 valence electrons. The first-order valence-corrected chi connectivity index (χ1v) is 12.5. The molecule has 1 aromatic carbocycles. The van der Waals surface area contributed by atoms with Gasteiger partial charge in [0.15, 0.2) is 0 Å². The summed E-state index contributed by atoms with van der Waals surface area (Å²) in [6.45, 7) is 0. The number of nitrogens with one attached hydrogen (secondary N) is 1. The van der Waals surface area contributed by atoms with Gasteiger partial charge in [0.25, 0.3) is 5.91 Å². The molecule has 1 saturated carbocycles. The van der Waals surface area contributed by atoms with Crippen LogP contribution in [0.25, 0.3) is 21.3 Å². The number of fused-ring (bicyclic) bond motifs is 1. The molecular formula is C26H27FN4O2S. The maximum Gasteiger partial charge on any atom is 0.270 e. The van der Waals surface area contributed by atoms with Gasteiger partial charge in [-0.3, -0.25) is 9.48 Å². The van der Waals surface area contributed by atoms with Gasteiger partial charge in [0.05, 0.1) is 28.6 Å². The molecule has 2 N–H and O–H groups in total. The summed E-state index contributed by atoms with van der Waals surface area (Å²) in [7, 11) is 1.83. The summed E-state index contributed by atoms with van der Waals surface area (Å²) in [5, 5.41) is 19.5. The number of benzene rings is 1. The molecule has 0 spiro atoms. The van der Waals surface area contributed by atoms with Crippen LogP contribution in [0.15, 0.2) is 48.1 Å². The number of nitrogens with zero attached hydrogens (tertiary/aromatic N) is 3. The molecular weight excluding hydrogens is 451 g/mol. The lowest BCUT2D eigenvalue weighted by atomic mass is 10.0. The summed E-state index contributed by atoms with van der Waals surface area (Å²) >= 11 is 1.53. The van der Waals surface area contributed by atoms with Crippen molar-refractivity contribution in [3.05, 3.63) is 70.7 Å². The van der Waals surface area contributed by atoms with Crippen molar-refractivity contribution in [3.63, 3.8) is 0 Å². The molecule has 3 aromatic heterocycles. The van der Waals surface area contributed by atoms with Gasteiger partial charge in [-0.05, 0) is 53.1 Å². The van der Waals surface area contributed by atoms with Gasteiger partial charge in [0.2, 0.25) is 0 Å². The first kappa shape index (κ1) is 22.7. The van der Waals surface area contributed by atoms with E-state index in [1.54, 1.807) is 23.0 Å². The molecule has 8 heteroatoms. The second kappa shape index (κ2) is 9.64. The smallest absolute Gasteiger partial charge is 0.270 e. The molecule has 1 aliphatic carbocycles. The molecule has 2 atom stereocenters. The van der Waals surface area contributed by atoms with E-state index in [1.807, 2.05) is 30.8 Å². The standard InChI is InChI=1S/C26H27FN4O2S/c1-31-15-19(14-28-31)16-7-8-17(20(27)12-16)11-18-13-23(29-22-9-10-34-25(18)22)26(33)30-21-5-3-2-4-6-24(21)32/h7-10,12-15,21,24,32H,2-6,11H2,1H3,(H,30,33)/t21-,24-/m0/s1. The van der Waals surface area contributed by atoms with Gasteiger partial charge in [0, 0.05) is 25.2 Å². The summed E-state index contributed by atoms with van der Waals surface area (Å²) in [6, 6.07) is 8.58. The number of amides is 1. The van der Waals surface area contributed by atoms with Gasteiger partial charge in [-0.1, -0.05) is 31.4 Å². The number of aliphatic hydroxyl groups excluding tert-OH is 1. The van der Waals surface area contributed by atoms with Crippen LogP contribution in [0.2, 0.25) is 0 Å². The van der Waals surface area contributed by atoms with E-state index >= 15 is 4.39 Å². The van der Waals surface area contributed by atoms with Crippen LogP contribution in [-0.4, -0.2) is 37.9 Å². The fourth-order valence-corrected chi connectivity index (χ4v) is 5.47. The van der Waals surface area contributed by atoms with E-state index < -0.39 is 6.10 Å². The van der Waals surface area contributed by atoms with Crippen molar-refractivity contribution in [3.8, 4) is 11.1 Å². The second-order valence-corrected chi connectivity index (χ2v) is 9.89. The summed E-state index contributed by atoms with van der Waals surface area (Å²) in [5.41, 5.74) is 4.06. The number of rotatable bonds is 5. The van der Waals surface area contributed by atoms with Crippen molar-refractivity contribution < 1.29 is 14.3 Å². The Bertz CT molecular complexity index is 1330. The van der Waals surface area contributed by atoms with E-state index in [9.17, 15) is 9.90 Å². The van der Waals surface area contributed by atoms with E-state index in [4.69, 9.17) is 0 Å². The molecule has 1 aliphatic rings. The van der Waals surface area contributed by atoms with Crippen LogP contribution in [0, 0.1) is 5.82 Å². The Morgan fingerprint density at radius 3 is 2.82 bits per heavy atom. The van der Waals surface area contributed by atoms with Gasteiger partial charge in [-0.25, -0.2) is 9.37 Å². The normalized spacial score (nSPS) is 18.7. The Morgan fingerprint density at radius 1 is 1.18 bits per heavy atom. The number of thiophene rings is 1. The maximum atomic E-state index is 15.1. The highest BCUT2D eigenvalue weighted by Crippen LogP contribution is 2.29. The lowest BCUT2D eigenvalue weighted by molar-refractivity contribution is 0.0814. The van der Waals surface area contributed by atoms with Crippen molar-refractivity contribution in [1.29, 1.82) is 0 Å². The second-order valence-electron chi connectivity index (χ2n) is 8.97. The zero-order chi connectivity index (χ0) is 23.7. The number of carbonyl (C=O) groups excluding carboxylic acids is 1. The molecule has 0 bridgehead atoms. The Balaban J connectivity index is 1.41. The third kappa shape index (κ3) is 4.74. The highest BCUT2D eigenvalue weighted by molar-refractivity contribution is 7.17. The third-order valence-corrected chi connectivity index (χ3v) is 7.47. The van der Waals surface area contributed by atoms with E-state index in [1.165, 1.54) is 17.4 Å². The average molecular weight is 479 g/mol. The number of aromatic nitrogens is 3. The maximum absolute atomic E-state index is 15.1. The monoisotopic (exact) mass is 478 g/mol. The molecule has 3 heterocycles. The molecule has 4 aromatic rings. The first-order valence-electron chi connectivity index (χ1n) is 11.6. The minimum Gasteiger partial charge on any atom is -0.391 e. The minimum atomic E-state index is -0.539. The van der Waals surface area contributed by atoms with Crippen molar-refractivity contribution in [2.45, 2.75) is 50.7 Å². The predicted molar refractivity (Wildman–Crippen MR) is 131 cm³/mol. The van der Waals surface area contributed by atoms with Crippen molar-refractivity contribution in [1.82, 2.24) is 20.1 Å². The SMILES string of the molecule is Cn1cc(-c2ccc(Cc3cc(C(=O)N[C@H]4CCCCC[C@@H]4O)nc4ccsc34)c(F)c2)cn1. The van der Waals surface area contributed by atoms with Crippen LogP contribution in [-0.2, 0) is 13.5 Å². The zero-order valence-electron chi connectivity index (χ0n) is 19.0. The fraction of sp³-hybridized carbons (Fsp3) is 0.346. The molecule has 1 amide bonds. The summed E-state index contributed by atoms with van der Waals surface area (Å²) in [5.74, 6) is -0.594. The van der Waals surface area contributed by atoms with E-state index in [0.717, 1.165) is 52.6 Å². The summed E-state index contributed by atoms with van der Waals surface area (Å²) in [6.07, 6.45) is 7.86. The van der Waals surface area contributed by atoms with Gasteiger partial charge in [-0.2, -0.15) is 5.10 Å². The fourth-order valence-electron chi connectivity index (χ4n) is 4.62. The van der Waals surface area contributed by atoms with Gasteiger partial charge < -0.3 is 10.4 Å². The highest BCUT2D eigenvalue weighted by atomic mass is 32.1. The molecule has 0 aliphatic heterocycles. The van der Waals surface area contributed by atoms with Crippen molar-refractivity contribution >= 4 is 27.5 Å². The molecule has 34 heavy (non-hydrogen) atoms. The third-order valence-electron chi connectivity index (χ3n) is 6.49.